The minimum atomic E-state index is -4.11. The number of para-hydroxylation sites is 1. The third-order valence-electron chi connectivity index (χ3n) is 4.38. The van der Waals surface area contributed by atoms with Crippen LogP contribution < -0.4 is 14.4 Å². The van der Waals surface area contributed by atoms with Gasteiger partial charge in [0.1, 0.15) is 17.3 Å². The zero-order chi connectivity index (χ0) is 23.1. The van der Waals surface area contributed by atoms with Gasteiger partial charge < -0.3 is 14.4 Å². The van der Waals surface area contributed by atoms with Crippen molar-refractivity contribution in [2.75, 3.05) is 5.32 Å². The third kappa shape index (κ3) is 6.62. The lowest BCUT2D eigenvalue weighted by Crippen LogP contribution is -2.15. The highest BCUT2D eigenvalue weighted by molar-refractivity contribution is 7.53. The summed E-state index contributed by atoms with van der Waals surface area (Å²) < 4.78 is 30.0. The zero-order valence-corrected chi connectivity index (χ0v) is 19.7. The van der Waals surface area contributed by atoms with Crippen molar-refractivity contribution < 1.29 is 13.6 Å². The fraction of sp³-hybridized carbons (Fsp3) is 0. The summed E-state index contributed by atoms with van der Waals surface area (Å²) in [6, 6.07) is 31.7. The zero-order valence-electron chi connectivity index (χ0n) is 17.3. The minimum absolute atomic E-state index is 0.299. The number of nitrogens with one attached hydrogen (secondary N) is 1. The molecule has 0 fully saturated rings. The molecule has 4 aromatic carbocycles. The highest BCUT2D eigenvalue weighted by atomic mass is 35.5. The number of halogens is 2. The summed E-state index contributed by atoms with van der Waals surface area (Å²) in [5.74, 6) is 0.924. The van der Waals surface area contributed by atoms with Gasteiger partial charge in [0.2, 0.25) is 0 Å². The van der Waals surface area contributed by atoms with E-state index in [4.69, 9.17) is 32.2 Å². The lowest BCUT2D eigenvalue weighted by atomic mass is 10.2. The number of amidine groups is 1. The lowest BCUT2D eigenvalue weighted by Gasteiger charge is -2.18. The molecule has 33 heavy (non-hydrogen) atoms. The molecule has 166 valence electrons. The second-order valence-corrected chi connectivity index (χ2v) is 9.24. The number of hydrogen-bond acceptors (Lipinski definition) is 3. The van der Waals surface area contributed by atoms with E-state index in [-0.39, 0.29) is 0 Å². The molecule has 0 aliphatic carbocycles. The van der Waals surface area contributed by atoms with Crippen LogP contribution in [-0.2, 0) is 4.57 Å². The SMILES string of the molecule is O=P(N=C(Nc1ccccc1)c1ccccc1)(Oc1ccc(Cl)cc1)Oc1ccc(Cl)cc1. The smallest absolute Gasteiger partial charge is 0.399 e. The van der Waals surface area contributed by atoms with E-state index in [1.54, 1.807) is 48.5 Å². The van der Waals surface area contributed by atoms with Crippen molar-refractivity contribution >= 4 is 42.5 Å². The Balaban J connectivity index is 1.76. The van der Waals surface area contributed by atoms with Gasteiger partial charge in [0, 0.05) is 21.3 Å². The summed E-state index contributed by atoms with van der Waals surface area (Å²) in [4.78, 5) is 0. The minimum Gasteiger partial charge on any atom is -0.399 e. The van der Waals surface area contributed by atoms with Crippen LogP contribution in [0.1, 0.15) is 5.56 Å². The molecule has 8 heteroatoms. The molecule has 0 aliphatic heterocycles. The summed E-state index contributed by atoms with van der Waals surface area (Å²) in [5, 5.41) is 4.26. The Bertz CT molecular complexity index is 1220. The van der Waals surface area contributed by atoms with Crippen molar-refractivity contribution in [2.45, 2.75) is 0 Å². The molecule has 4 rings (SSSR count). The van der Waals surface area contributed by atoms with Crippen LogP contribution in [0.2, 0.25) is 10.0 Å². The van der Waals surface area contributed by atoms with E-state index in [0.717, 1.165) is 5.69 Å². The molecule has 0 radical (unpaired) electrons. The first-order valence-electron chi connectivity index (χ1n) is 9.97. The molecule has 0 atom stereocenters. The largest absolute Gasteiger partial charge is 0.565 e. The van der Waals surface area contributed by atoms with Crippen LogP contribution in [0.3, 0.4) is 0 Å². The molecular formula is C25H19Cl2N2O3P. The van der Waals surface area contributed by atoms with Crippen molar-refractivity contribution in [1.29, 1.82) is 0 Å². The monoisotopic (exact) mass is 496 g/mol. The van der Waals surface area contributed by atoms with Gasteiger partial charge in [-0.25, -0.2) is 4.57 Å². The van der Waals surface area contributed by atoms with E-state index >= 15 is 0 Å². The van der Waals surface area contributed by atoms with Crippen LogP contribution in [0.25, 0.3) is 0 Å². The van der Waals surface area contributed by atoms with Crippen molar-refractivity contribution in [3.8, 4) is 11.5 Å². The van der Waals surface area contributed by atoms with E-state index in [1.807, 2.05) is 60.7 Å². The van der Waals surface area contributed by atoms with Gasteiger partial charge >= 0.3 is 7.75 Å². The molecule has 5 nitrogen and oxygen atoms in total. The molecule has 0 aromatic heterocycles. The van der Waals surface area contributed by atoms with Gasteiger partial charge in [-0.2, -0.15) is 0 Å². The molecule has 0 bridgehead atoms. The van der Waals surface area contributed by atoms with Crippen molar-refractivity contribution in [2.24, 2.45) is 4.76 Å². The summed E-state index contributed by atoms with van der Waals surface area (Å²) in [6.45, 7) is 0. The van der Waals surface area contributed by atoms with E-state index in [9.17, 15) is 4.57 Å². The first kappa shape index (κ1) is 22.9. The van der Waals surface area contributed by atoms with Gasteiger partial charge in [-0.05, 0) is 60.7 Å². The Labute approximate surface area is 202 Å². The molecule has 0 aliphatic rings. The Morgan fingerprint density at radius 3 is 1.61 bits per heavy atom. The molecule has 0 heterocycles. The number of rotatable bonds is 7. The first-order valence-corrected chi connectivity index (χ1v) is 12.2. The van der Waals surface area contributed by atoms with E-state index in [2.05, 4.69) is 10.1 Å². The molecular weight excluding hydrogens is 478 g/mol. The Kier molecular flexibility index (Phi) is 7.36. The average molecular weight is 497 g/mol. The fourth-order valence-corrected chi connectivity index (χ4v) is 4.41. The van der Waals surface area contributed by atoms with Crippen LogP contribution in [0.15, 0.2) is 114 Å². The number of anilines is 1. The van der Waals surface area contributed by atoms with Gasteiger partial charge in [0.15, 0.2) is 0 Å². The average Bonchev–Trinajstić information content (AvgIpc) is 2.83. The summed E-state index contributed by atoms with van der Waals surface area (Å²) in [5.41, 5.74) is 1.48. The van der Waals surface area contributed by atoms with Crippen LogP contribution in [0.5, 0.6) is 11.5 Å². The second-order valence-electron chi connectivity index (χ2n) is 6.86. The normalized spacial score (nSPS) is 11.6. The topological polar surface area (TPSA) is 59.9 Å². The van der Waals surface area contributed by atoms with E-state index < -0.39 is 7.75 Å². The van der Waals surface area contributed by atoms with E-state index in [1.165, 1.54) is 0 Å². The van der Waals surface area contributed by atoms with Gasteiger partial charge in [-0.3, -0.25) is 0 Å². The van der Waals surface area contributed by atoms with Gasteiger partial charge in [-0.1, -0.05) is 71.7 Å². The Morgan fingerprint density at radius 2 is 1.12 bits per heavy atom. The van der Waals surface area contributed by atoms with E-state index in [0.29, 0.717) is 32.9 Å². The second kappa shape index (κ2) is 10.6. The van der Waals surface area contributed by atoms with Crippen LogP contribution in [0.4, 0.5) is 5.69 Å². The molecule has 0 unspecified atom stereocenters. The predicted molar refractivity (Wildman–Crippen MR) is 135 cm³/mol. The van der Waals surface area contributed by atoms with Gasteiger partial charge in [-0.15, -0.1) is 4.76 Å². The lowest BCUT2D eigenvalue weighted by molar-refractivity contribution is 0.388. The van der Waals surface area contributed by atoms with Gasteiger partial charge in [0.25, 0.3) is 0 Å². The molecule has 0 amide bonds. The fourth-order valence-electron chi connectivity index (χ4n) is 2.85. The highest BCUT2D eigenvalue weighted by Crippen LogP contribution is 2.50. The number of benzene rings is 4. The van der Waals surface area contributed by atoms with Crippen LogP contribution in [0, 0.1) is 0 Å². The Hall–Kier alpha value is -3.24. The molecule has 1 N–H and O–H groups in total. The third-order valence-corrected chi connectivity index (χ3v) is 6.21. The number of hydrogen-bond donors (Lipinski definition) is 1. The summed E-state index contributed by atoms with van der Waals surface area (Å²) in [6.07, 6.45) is 0. The maximum Gasteiger partial charge on any atom is 0.565 e. The molecule has 0 spiro atoms. The highest BCUT2D eigenvalue weighted by Gasteiger charge is 2.30. The van der Waals surface area contributed by atoms with Crippen molar-refractivity contribution in [1.82, 2.24) is 0 Å². The predicted octanol–water partition coefficient (Wildman–Crippen LogP) is 8.12. The van der Waals surface area contributed by atoms with Crippen LogP contribution >= 0.6 is 30.9 Å². The molecule has 0 saturated carbocycles. The Morgan fingerprint density at radius 1 is 0.667 bits per heavy atom. The van der Waals surface area contributed by atoms with Crippen molar-refractivity contribution in [3.63, 3.8) is 0 Å². The maximum atomic E-state index is 14.0. The molecule has 4 aromatic rings. The first-order chi connectivity index (χ1) is 16.0. The maximum absolute atomic E-state index is 14.0. The molecule has 0 saturated heterocycles. The summed E-state index contributed by atoms with van der Waals surface area (Å²) in [7, 11) is -4.11. The van der Waals surface area contributed by atoms with Gasteiger partial charge in [0.05, 0.1) is 0 Å². The van der Waals surface area contributed by atoms with Crippen molar-refractivity contribution in [3.05, 3.63) is 125 Å². The standard InChI is InChI=1S/C25H19Cl2N2O3P/c26-20-11-15-23(16-12-20)31-33(30,32-24-17-13-21(27)14-18-24)29-25(19-7-3-1-4-8-19)28-22-9-5-2-6-10-22/h1-18H,(H,28,29,30). The number of nitrogens with zero attached hydrogens (tertiary/aromatic N) is 1. The summed E-state index contributed by atoms with van der Waals surface area (Å²) >= 11 is 12.0. The quantitative estimate of drug-likeness (QED) is 0.159. The van der Waals surface area contributed by atoms with Crippen LogP contribution in [-0.4, -0.2) is 5.84 Å².